The number of hydrogen-bond donors (Lipinski definition) is 3. The van der Waals surface area contributed by atoms with Crippen molar-refractivity contribution < 1.29 is 0 Å². The fourth-order valence-electron chi connectivity index (χ4n) is 1.72. The van der Waals surface area contributed by atoms with Gasteiger partial charge >= 0.3 is 0 Å². The molecule has 0 aromatic heterocycles. The summed E-state index contributed by atoms with van der Waals surface area (Å²) in [6.07, 6.45) is 1.01. The normalized spacial score (nSPS) is 11.5. The molecule has 0 saturated carbocycles. The van der Waals surface area contributed by atoms with Gasteiger partial charge in [0.1, 0.15) is 0 Å². The summed E-state index contributed by atoms with van der Waals surface area (Å²) in [5.41, 5.74) is 1.19. The van der Waals surface area contributed by atoms with Gasteiger partial charge in [-0.1, -0.05) is 18.2 Å². The largest absolute Gasteiger partial charge is 0.385 e. The van der Waals surface area contributed by atoms with Gasteiger partial charge in [0.05, 0.1) is 0 Å². The van der Waals surface area contributed by atoms with Crippen molar-refractivity contribution in [2.75, 3.05) is 25.0 Å². The predicted molar refractivity (Wildman–Crippen MR) is 104 cm³/mol. The molecule has 0 saturated heterocycles. The van der Waals surface area contributed by atoms with Gasteiger partial charge in [-0.05, 0) is 46.2 Å². The van der Waals surface area contributed by atoms with Crippen LogP contribution < -0.4 is 16.0 Å². The summed E-state index contributed by atoms with van der Waals surface area (Å²) in [6.45, 7) is 11.1. The van der Waals surface area contributed by atoms with Gasteiger partial charge in [-0.3, -0.25) is 4.99 Å². The van der Waals surface area contributed by atoms with E-state index in [4.69, 9.17) is 0 Å². The van der Waals surface area contributed by atoms with E-state index in [9.17, 15) is 0 Å². The van der Waals surface area contributed by atoms with Crippen LogP contribution in [0.5, 0.6) is 0 Å². The molecular formula is C16H29IN4. The Kier molecular flexibility index (Phi) is 10.2. The molecule has 0 unspecified atom stereocenters. The molecule has 21 heavy (non-hydrogen) atoms. The van der Waals surface area contributed by atoms with Crippen LogP contribution in [0.2, 0.25) is 0 Å². The molecule has 0 amide bonds. The smallest absolute Gasteiger partial charge is 0.191 e. The van der Waals surface area contributed by atoms with Gasteiger partial charge in [-0.25, -0.2) is 0 Å². The first-order valence-electron chi connectivity index (χ1n) is 7.36. The highest BCUT2D eigenvalue weighted by Crippen LogP contribution is 2.04. The Morgan fingerprint density at radius 1 is 1.14 bits per heavy atom. The number of rotatable bonds is 6. The Bertz CT molecular complexity index is 398. The van der Waals surface area contributed by atoms with Crippen molar-refractivity contribution in [1.82, 2.24) is 10.6 Å². The molecule has 3 N–H and O–H groups in total. The first kappa shape index (κ1) is 20.0. The quantitative estimate of drug-likeness (QED) is 0.295. The highest BCUT2D eigenvalue weighted by molar-refractivity contribution is 14.0. The molecule has 1 aromatic rings. The lowest BCUT2D eigenvalue weighted by molar-refractivity contribution is 0.501. The summed E-state index contributed by atoms with van der Waals surface area (Å²) in [4.78, 5) is 4.58. The van der Waals surface area contributed by atoms with Crippen molar-refractivity contribution in [1.29, 1.82) is 0 Å². The molecule has 1 aromatic carbocycles. The number of aliphatic imine (C=N–C) groups is 1. The Morgan fingerprint density at radius 3 is 2.38 bits per heavy atom. The van der Waals surface area contributed by atoms with E-state index in [1.807, 2.05) is 18.2 Å². The van der Waals surface area contributed by atoms with Crippen molar-refractivity contribution in [2.24, 2.45) is 4.99 Å². The molecule has 0 radical (unpaired) electrons. The van der Waals surface area contributed by atoms with Crippen LogP contribution in [-0.4, -0.2) is 31.1 Å². The number of anilines is 1. The van der Waals surface area contributed by atoms with Crippen LogP contribution in [-0.2, 0) is 0 Å². The van der Waals surface area contributed by atoms with Crippen molar-refractivity contribution in [2.45, 2.75) is 39.7 Å². The monoisotopic (exact) mass is 404 g/mol. The van der Waals surface area contributed by atoms with E-state index in [0.29, 0.717) is 0 Å². The Labute approximate surface area is 146 Å². The van der Waals surface area contributed by atoms with E-state index in [-0.39, 0.29) is 29.5 Å². The zero-order chi connectivity index (χ0) is 14.8. The molecule has 1 rings (SSSR count). The van der Waals surface area contributed by atoms with Crippen LogP contribution >= 0.6 is 24.0 Å². The lowest BCUT2D eigenvalue weighted by Gasteiger charge is -2.23. The third-order valence-electron chi connectivity index (χ3n) is 2.55. The summed E-state index contributed by atoms with van der Waals surface area (Å²) in [5, 5.41) is 10.0. The predicted octanol–water partition coefficient (Wildman–Crippen LogP) is 3.46. The van der Waals surface area contributed by atoms with E-state index >= 15 is 0 Å². The Hall–Kier alpha value is -0.980. The van der Waals surface area contributed by atoms with Crippen molar-refractivity contribution in [3.8, 4) is 0 Å². The van der Waals surface area contributed by atoms with E-state index in [1.54, 1.807) is 0 Å². The minimum Gasteiger partial charge on any atom is -0.385 e. The zero-order valence-corrected chi connectivity index (χ0v) is 15.9. The van der Waals surface area contributed by atoms with Gasteiger partial charge < -0.3 is 16.0 Å². The van der Waals surface area contributed by atoms with Gasteiger partial charge in [-0.2, -0.15) is 0 Å². The maximum atomic E-state index is 4.58. The molecule has 0 spiro atoms. The number of guanidine groups is 1. The summed E-state index contributed by atoms with van der Waals surface area (Å²) in [6, 6.07) is 10.3. The molecule has 0 atom stereocenters. The second kappa shape index (κ2) is 10.7. The van der Waals surface area contributed by atoms with E-state index in [1.165, 1.54) is 0 Å². The molecule has 0 fully saturated rings. The number of halogens is 1. The third-order valence-corrected chi connectivity index (χ3v) is 2.55. The fourth-order valence-corrected chi connectivity index (χ4v) is 1.72. The molecule has 0 heterocycles. The first-order chi connectivity index (χ1) is 9.51. The molecule has 0 aliphatic carbocycles. The SMILES string of the molecule is CCNC(=NCCCNc1ccccc1)NC(C)(C)C.I. The number of nitrogens with one attached hydrogen (secondary N) is 3. The molecule has 0 bridgehead atoms. The summed E-state index contributed by atoms with van der Waals surface area (Å²) in [7, 11) is 0. The standard InChI is InChI=1S/C16H28N4.HI/c1-5-17-15(20-16(2,3)4)19-13-9-12-18-14-10-7-6-8-11-14;/h6-8,10-11,18H,5,9,12-13H2,1-4H3,(H2,17,19,20);1H. The van der Waals surface area contributed by atoms with Gasteiger partial charge in [0.2, 0.25) is 0 Å². The number of hydrogen-bond acceptors (Lipinski definition) is 2. The second-order valence-corrected chi connectivity index (χ2v) is 5.78. The molecule has 4 nitrogen and oxygen atoms in total. The van der Waals surface area contributed by atoms with Crippen LogP contribution in [0.15, 0.2) is 35.3 Å². The highest BCUT2D eigenvalue weighted by atomic mass is 127. The van der Waals surface area contributed by atoms with Crippen LogP contribution in [0.3, 0.4) is 0 Å². The maximum Gasteiger partial charge on any atom is 0.191 e. The minimum absolute atomic E-state index is 0. The van der Waals surface area contributed by atoms with Gasteiger partial charge in [0.25, 0.3) is 0 Å². The second-order valence-electron chi connectivity index (χ2n) is 5.78. The maximum absolute atomic E-state index is 4.58. The van der Waals surface area contributed by atoms with Crippen LogP contribution in [0, 0.1) is 0 Å². The molecule has 0 aliphatic heterocycles. The van der Waals surface area contributed by atoms with Crippen LogP contribution in [0.25, 0.3) is 0 Å². The van der Waals surface area contributed by atoms with Crippen molar-refractivity contribution in [3.05, 3.63) is 30.3 Å². The summed E-state index contributed by atoms with van der Waals surface area (Å²) in [5.74, 6) is 0.889. The third kappa shape index (κ3) is 10.4. The first-order valence-corrected chi connectivity index (χ1v) is 7.36. The molecule has 5 heteroatoms. The number of para-hydroxylation sites is 1. The van der Waals surface area contributed by atoms with Crippen LogP contribution in [0.4, 0.5) is 5.69 Å². The molecular weight excluding hydrogens is 375 g/mol. The van der Waals surface area contributed by atoms with Crippen LogP contribution in [0.1, 0.15) is 34.1 Å². The van der Waals surface area contributed by atoms with E-state index in [0.717, 1.165) is 37.7 Å². The number of nitrogens with zero attached hydrogens (tertiary/aromatic N) is 1. The Balaban J connectivity index is 0.00000400. The van der Waals surface area contributed by atoms with E-state index < -0.39 is 0 Å². The summed E-state index contributed by atoms with van der Waals surface area (Å²) < 4.78 is 0. The molecule has 120 valence electrons. The topological polar surface area (TPSA) is 48.5 Å². The van der Waals surface area contributed by atoms with Gasteiger partial charge in [0, 0.05) is 30.9 Å². The number of benzene rings is 1. The fraction of sp³-hybridized carbons (Fsp3) is 0.562. The van der Waals surface area contributed by atoms with Crippen molar-refractivity contribution >= 4 is 35.6 Å². The highest BCUT2D eigenvalue weighted by Gasteiger charge is 2.11. The lowest BCUT2D eigenvalue weighted by Crippen LogP contribution is -2.47. The van der Waals surface area contributed by atoms with Crippen molar-refractivity contribution in [3.63, 3.8) is 0 Å². The summed E-state index contributed by atoms with van der Waals surface area (Å²) >= 11 is 0. The van der Waals surface area contributed by atoms with Gasteiger partial charge in [0.15, 0.2) is 5.96 Å². The minimum atomic E-state index is 0. The lowest BCUT2D eigenvalue weighted by atomic mass is 10.1. The average Bonchev–Trinajstić information content (AvgIpc) is 2.38. The zero-order valence-electron chi connectivity index (χ0n) is 13.6. The van der Waals surface area contributed by atoms with Gasteiger partial charge in [-0.15, -0.1) is 24.0 Å². The molecule has 0 aliphatic rings. The van der Waals surface area contributed by atoms with E-state index in [2.05, 4.69) is 60.8 Å². The average molecular weight is 404 g/mol. The Morgan fingerprint density at radius 2 is 1.81 bits per heavy atom.